The zero-order valence-electron chi connectivity index (χ0n) is 22.8. The number of benzene rings is 2. The number of carbonyl (C=O) groups excluding carboxylic acids is 1. The molecule has 1 saturated heterocycles. The van der Waals surface area contributed by atoms with Crippen LogP contribution in [0.4, 0.5) is 42.2 Å². The molecule has 4 rings (SSSR count). The maximum absolute atomic E-state index is 15.0. The van der Waals surface area contributed by atoms with E-state index in [1.165, 1.54) is 51.4 Å². The van der Waals surface area contributed by atoms with Crippen molar-refractivity contribution in [1.29, 1.82) is 0 Å². The molecular weight excluding hydrogens is 571 g/mol. The fourth-order valence-corrected chi connectivity index (χ4v) is 5.07. The largest absolute Gasteiger partial charge is 0.416 e. The van der Waals surface area contributed by atoms with Crippen molar-refractivity contribution in [3.8, 4) is 11.1 Å². The molecule has 3 aromatic rings. The summed E-state index contributed by atoms with van der Waals surface area (Å²) in [7, 11) is 1.26. The lowest BCUT2D eigenvalue weighted by Gasteiger charge is -2.32. The number of halogens is 7. The van der Waals surface area contributed by atoms with Crippen LogP contribution in [-0.2, 0) is 22.6 Å². The van der Waals surface area contributed by atoms with Gasteiger partial charge in [0.15, 0.2) is 0 Å². The second-order valence-electron chi connectivity index (χ2n) is 10.6. The number of pyridine rings is 1. The first-order valence-electron chi connectivity index (χ1n) is 12.9. The average molecular weight is 600 g/mol. The summed E-state index contributed by atoms with van der Waals surface area (Å²) >= 11 is 0. The Morgan fingerprint density at radius 1 is 0.976 bits per heavy atom. The zero-order valence-corrected chi connectivity index (χ0v) is 22.8. The molecule has 13 heteroatoms. The van der Waals surface area contributed by atoms with Crippen LogP contribution in [-0.4, -0.2) is 53.4 Å². The Kier molecular flexibility index (Phi) is 8.31. The molecule has 0 saturated carbocycles. The molecule has 1 aromatic heterocycles. The van der Waals surface area contributed by atoms with Crippen molar-refractivity contribution in [1.82, 2.24) is 4.98 Å². The summed E-state index contributed by atoms with van der Waals surface area (Å²) in [6, 6.07) is 7.39. The van der Waals surface area contributed by atoms with E-state index in [1.807, 2.05) is 0 Å². The normalized spacial score (nSPS) is 18.0. The van der Waals surface area contributed by atoms with Gasteiger partial charge in [0, 0.05) is 24.7 Å². The lowest BCUT2D eigenvalue weighted by molar-refractivity contribution is -0.143. The van der Waals surface area contributed by atoms with Gasteiger partial charge in [-0.05, 0) is 56.2 Å². The van der Waals surface area contributed by atoms with E-state index in [0.29, 0.717) is 25.1 Å². The van der Waals surface area contributed by atoms with E-state index in [2.05, 4.69) is 4.98 Å². The van der Waals surface area contributed by atoms with Crippen LogP contribution in [0, 0.1) is 5.82 Å². The summed E-state index contributed by atoms with van der Waals surface area (Å²) in [6.07, 6.45) is -9.47. The Hall–Kier alpha value is -3.71. The standard InChI is InChI=1S/C29H28F7N3O3/c1-27(2,16-10-17(28(31,32)33)12-18(11-16)29(34,35)36)26(42)38(3)22-14-37-25(39-9-8-24(41)23(39)15-40)13-20(22)19-6-4-5-7-21(19)30/h4-7,10-14,23-24,40-41H,8-9,15H2,1-3H3/t23-,24+/m1/s1. The van der Waals surface area contributed by atoms with Gasteiger partial charge in [-0.3, -0.25) is 4.79 Å². The number of alkyl halides is 6. The van der Waals surface area contributed by atoms with Crippen LogP contribution in [0.15, 0.2) is 54.7 Å². The molecule has 1 aliphatic rings. The monoisotopic (exact) mass is 599 g/mol. The van der Waals surface area contributed by atoms with Gasteiger partial charge in [-0.1, -0.05) is 18.2 Å². The number of carbonyl (C=O) groups is 1. The molecule has 0 bridgehead atoms. The number of nitrogens with zero attached hydrogens (tertiary/aromatic N) is 3. The fourth-order valence-electron chi connectivity index (χ4n) is 5.07. The van der Waals surface area contributed by atoms with E-state index in [1.54, 1.807) is 11.0 Å². The summed E-state index contributed by atoms with van der Waals surface area (Å²) in [5, 5.41) is 20.0. The fraction of sp³-hybridized carbons (Fsp3) is 0.379. The Morgan fingerprint density at radius 3 is 2.10 bits per heavy atom. The van der Waals surface area contributed by atoms with Crippen molar-refractivity contribution in [2.24, 2.45) is 0 Å². The third-order valence-electron chi connectivity index (χ3n) is 7.53. The van der Waals surface area contributed by atoms with Crippen LogP contribution < -0.4 is 9.80 Å². The van der Waals surface area contributed by atoms with Crippen LogP contribution in [0.1, 0.15) is 37.0 Å². The van der Waals surface area contributed by atoms with Gasteiger partial charge in [0.1, 0.15) is 11.6 Å². The number of aliphatic hydroxyl groups excluding tert-OH is 2. The van der Waals surface area contributed by atoms with Gasteiger partial charge in [-0.25, -0.2) is 9.37 Å². The summed E-state index contributed by atoms with van der Waals surface area (Å²) in [5.41, 5.74) is -5.29. The minimum absolute atomic E-state index is 0.0123. The third kappa shape index (κ3) is 5.93. The van der Waals surface area contributed by atoms with Crippen LogP contribution in [0.3, 0.4) is 0 Å². The number of hydrogen-bond donors (Lipinski definition) is 2. The molecule has 0 radical (unpaired) electrons. The number of anilines is 2. The van der Waals surface area contributed by atoms with Crippen molar-refractivity contribution < 1.29 is 45.7 Å². The molecule has 2 aromatic carbocycles. The van der Waals surface area contributed by atoms with Gasteiger partial charge in [-0.15, -0.1) is 0 Å². The van der Waals surface area contributed by atoms with E-state index in [-0.39, 0.29) is 35.3 Å². The zero-order chi connectivity index (χ0) is 31.2. The number of aromatic nitrogens is 1. The van der Waals surface area contributed by atoms with E-state index >= 15 is 4.39 Å². The summed E-state index contributed by atoms with van der Waals surface area (Å²) in [5.74, 6) is -1.28. The second-order valence-corrected chi connectivity index (χ2v) is 10.6. The number of hydrogen-bond acceptors (Lipinski definition) is 5. The van der Waals surface area contributed by atoms with Crippen molar-refractivity contribution >= 4 is 17.4 Å². The minimum atomic E-state index is -5.10. The third-order valence-corrected chi connectivity index (χ3v) is 7.53. The van der Waals surface area contributed by atoms with Gasteiger partial charge in [0.2, 0.25) is 5.91 Å². The van der Waals surface area contributed by atoms with Crippen molar-refractivity contribution in [2.45, 2.75) is 50.2 Å². The smallest absolute Gasteiger partial charge is 0.394 e. The van der Waals surface area contributed by atoms with Gasteiger partial charge in [0.05, 0.1) is 47.2 Å². The highest BCUT2D eigenvalue weighted by atomic mass is 19.4. The van der Waals surface area contributed by atoms with Gasteiger partial charge < -0.3 is 20.0 Å². The van der Waals surface area contributed by atoms with Crippen LogP contribution in [0.2, 0.25) is 0 Å². The Labute approximate surface area is 237 Å². The highest BCUT2D eigenvalue weighted by Gasteiger charge is 2.41. The van der Waals surface area contributed by atoms with Gasteiger partial charge >= 0.3 is 12.4 Å². The number of aliphatic hydroxyl groups is 2. The second kappa shape index (κ2) is 11.2. The predicted octanol–water partition coefficient (Wildman–Crippen LogP) is 5.80. The molecule has 0 unspecified atom stereocenters. The number of likely N-dealkylation sites (N-methyl/N-ethyl adjacent to an activating group) is 1. The van der Waals surface area contributed by atoms with Crippen LogP contribution >= 0.6 is 0 Å². The highest BCUT2D eigenvalue weighted by Crippen LogP contribution is 2.41. The highest BCUT2D eigenvalue weighted by molar-refractivity contribution is 6.03. The molecular formula is C29H28F7N3O3. The molecule has 1 aliphatic heterocycles. The van der Waals surface area contributed by atoms with E-state index in [0.717, 1.165) is 4.90 Å². The lowest BCUT2D eigenvalue weighted by Crippen LogP contribution is -2.42. The molecule has 0 aliphatic carbocycles. The quantitative estimate of drug-likeness (QED) is 0.351. The predicted molar refractivity (Wildman–Crippen MR) is 141 cm³/mol. The first-order valence-corrected chi connectivity index (χ1v) is 12.9. The van der Waals surface area contributed by atoms with Crippen molar-refractivity contribution in [3.05, 3.63) is 77.2 Å². The molecule has 6 nitrogen and oxygen atoms in total. The minimum Gasteiger partial charge on any atom is -0.394 e. The molecule has 2 N–H and O–H groups in total. The first kappa shape index (κ1) is 31.2. The first-order chi connectivity index (χ1) is 19.5. The molecule has 2 atom stereocenters. The van der Waals surface area contributed by atoms with E-state index in [9.17, 15) is 41.4 Å². The van der Waals surface area contributed by atoms with Gasteiger partial charge in [-0.2, -0.15) is 26.3 Å². The van der Waals surface area contributed by atoms with Crippen LogP contribution in [0.25, 0.3) is 11.1 Å². The van der Waals surface area contributed by atoms with Gasteiger partial charge in [0.25, 0.3) is 0 Å². The number of rotatable bonds is 6. The SMILES string of the molecule is CN(C(=O)C(C)(C)c1cc(C(F)(F)F)cc(C(F)(F)F)c1)c1cnc(N2CC[C@H](O)[C@H]2CO)cc1-c1ccccc1F. The molecule has 2 heterocycles. The molecule has 0 spiro atoms. The average Bonchev–Trinajstić information content (AvgIpc) is 3.31. The Morgan fingerprint density at radius 2 is 1.55 bits per heavy atom. The van der Waals surface area contributed by atoms with Crippen molar-refractivity contribution in [2.75, 3.05) is 30.0 Å². The molecule has 1 amide bonds. The Bertz CT molecular complexity index is 1440. The Balaban J connectivity index is 1.82. The molecule has 42 heavy (non-hydrogen) atoms. The number of amides is 1. The molecule has 1 fully saturated rings. The summed E-state index contributed by atoms with van der Waals surface area (Å²) in [6.45, 7) is 2.34. The van der Waals surface area contributed by atoms with Crippen LogP contribution in [0.5, 0.6) is 0 Å². The summed E-state index contributed by atoms with van der Waals surface area (Å²) in [4.78, 5) is 20.8. The van der Waals surface area contributed by atoms with E-state index < -0.39 is 58.3 Å². The summed E-state index contributed by atoms with van der Waals surface area (Å²) < 4.78 is 96.2. The maximum Gasteiger partial charge on any atom is 0.416 e. The lowest BCUT2D eigenvalue weighted by atomic mass is 9.81. The maximum atomic E-state index is 15.0. The molecule has 226 valence electrons. The topological polar surface area (TPSA) is 76.9 Å². The van der Waals surface area contributed by atoms with E-state index in [4.69, 9.17) is 0 Å². The van der Waals surface area contributed by atoms with Crippen molar-refractivity contribution in [3.63, 3.8) is 0 Å².